The second-order valence-electron chi connectivity index (χ2n) is 11.2. The summed E-state index contributed by atoms with van der Waals surface area (Å²) in [6.45, 7) is 2.66. The summed E-state index contributed by atoms with van der Waals surface area (Å²) >= 11 is 0. The number of piperidine rings is 1. The zero-order valence-corrected chi connectivity index (χ0v) is 23.6. The predicted molar refractivity (Wildman–Crippen MR) is 167 cm³/mol. The number of anilines is 2. The number of rotatable bonds is 7. The third-order valence-corrected chi connectivity index (χ3v) is 8.16. The first-order chi connectivity index (χ1) is 20.4. The molecule has 6 rings (SSSR count). The smallest absolute Gasteiger partial charge is 0.253 e. The van der Waals surface area contributed by atoms with Crippen molar-refractivity contribution >= 4 is 29.3 Å². The van der Waals surface area contributed by atoms with E-state index < -0.39 is 0 Å². The Kier molecular flexibility index (Phi) is 7.73. The SMILES string of the molecule is CN(Cc1ccccc1)C(=O)c1ccc(N2CC3CC(C2)c2cccc(=O)n2C3)c(NC(=O)C=Cc2ccccc2)c1. The molecule has 4 aromatic rings. The Morgan fingerprint density at radius 3 is 2.45 bits per heavy atom. The van der Waals surface area contributed by atoms with Crippen LogP contribution in [0.3, 0.4) is 0 Å². The van der Waals surface area contributed by atoms with Gasteiger partial charge in [0.1, 0.15) is 0 Å². The number of carbonyl (C=O) groups is 2. The average Bonchev–Trinajstić information content (AvgIpc) is 3.01. The van der Waals surface area contributed by atoms with Crippen molar-refractivity contribution in [1.82, 2.24) is 9.47 Å². The average molecular weight is 559 g/mol. The summed E-state index contributed by atoms with van der Waals surface area (Å²) in [5.41, 5.74) is 5.07. The second-order valence-corrected chi connectivity index (χ2v) is 11.2. The fraction of sp³-hybridized carbons (Fsp3) is 0.229. The first-order valence-electron chi connectivity index (χ1n) is 14.4. The molecule has 2 bridgehead atoms. The van der Waals surface area contributed by atoms with Gasteiger partial charge in [0, 0.05) is 62.5 Å². The van der Waals surface area contributed by atoms with Crippen molar-refractivity contribution in [3.8, 4) is 0 Å². The van der Waals surface area contributed by atoms with E-state index in [0.29, 0.717) is 30.3 Å². The van der Waals surface area contributed by atoms with E-state index in [2.05, 4.69) is 10.2 Å². The lowest BCUT2D eigenvalue weighted by Gasteiger charge is -2.44. The van der Waals surface area contributed by atoms with E-state index in [4.69, 9.17) is 0 Å². The number of pyridine rings is 1. The van der Waals surface area contributed by atoms with Crippen LogP contribution in [0, 0.1) is 5.92 Å². The number of benzene rings is 3. The fourth-order valence-electron chi connectivity index (χ4n) is 6.20. The van der Waals surface area contributed by atoms with Crippen LogP contribution in [0.2, 0.25) is 0 Å². The Morgan fingerprint density at radius 1 is 0.905 bits per heavy atom. The molecule has 42 heavy (non-hydrogen) atoms. The normalized spacial score (nSPS) is 17.5. The summed E-state index contributed by atoms with van der Waals surface area (Å²) in [5.74, 6) is 0.142. The Hall–Kier alpha value is -4.91. The molecule has 212 valence electrons. The van der Waals surface area contributed by atoms with Gasteiger partial charge in [-0.15, -0.1) is 0 Å². The molecule has 2 unspecified atom stereocenters. The van der Waals surface area contributed by atoms with Crippen LogP contribution in [0.1, 0.15) is 39.5 Å². The van der Waals surface area contributed by atoms with E-state index in [1.54, 1.807) is 30.2 Å². The summed E-state index contributed by atoms with van der Waals surface area (Å²) in [7, 11) is 1.79. The maximum absolute atomic E-state index is 13.5. The number of carbonyl (C=O) groups excluding carboxylic acids is 2. The highest BCUT2D eigenvalue weighted by Gasteiger charge is 2.35. The molecular weight excluding hydrogens is 524 g/mol. The van der Waals surface area contributed by atoms with Gasteiger partial charge >= 0.3 is 0 Å². The van der Waals surface area contributed by atoms with Gasteiger partial charge in [0.15, 0.2) is 0 Å². The summed E-state index contributed by atoms with van der Waals surface area (Å²) in [6, 6.07) is 30.6. The highest BCUT2D eigenvalue weighted by atomic mass is 16.2. The summed E-state index contributed by atoms with van der Waals surface area (Å²) < 4.78 is 1.91. The Balaban J connectivity index is 1.29. The summed E-state index contributed by atoms with van der Waals surface area (Å²) in [6.07, 6.45) is 4.32. The molecule has 1 aromatic heterocycles. The lowest BCUT2D eigenvalue weighted by Crippen LogP contribution is -2.47. The standard InChI is InChI=1S/C35H34N4O3/c1-37(21-26-11-6-3-7-12-26)35(42)28-16-17-32(30(20-28)36-33(40)18-15-25-9-4-2-5-10-25)38-22-27-19-29(24-38)31-13-8-14-34(41)39(31)23-27/h2-18,20,27,29H,19,21-24H2,1H3,(H,36,40). The van der Waals surface area contributed by atoms with Gasteiger partial charge in [-0.2, -0.15) is 0 Å². The largest absolute Gasteiger partial charge is 0.369 e. The Morgan fingerprint density at radius 2 is 1.67 bits per heavy atom. The molecule has 2 aliphatic heterocycles. The van der Waals surface area contributed by atoms with Crippen LogP contribution >= 0.6 is 0 Å². The van der Waals surface area contributed by atoms with Gasteiger partial charge < -0.3 is 19.7 Å². The van der Waals surface area contributed by atoms with Gasteiger partial charge in [-0.1, -0.05) is 66.7 Å². The number of nitrogens with one attached hydrogen (secondary N) is 1. The molecule has 1 fully saturated rings. The third-order valence-electron chi connectivity index (χ3n) is 8.16. The molecule has 2 atom stereocenters. The minimum atomic E-state index is -0.267. The molecule has 2 amide bonds. The molecular formula is C35H34N4O3. The first-order valence-corrected chi connectivity index (χ1v) is 14.4. The number of aromatic nitrogens is 1. The number of hydrogen-bond acceptors (Lipinski definition) is 4. The van der Waals surface area contributed by atoms with Gasteiger partial charge in [0.05, 0.1) is 11.4 Å². The van der Waals surface area contributed by atoms with Crippen LogP contribution in [-0.4, -0.2) is 41.4 Å². The highest BCUT2D eigenvalue weighted by molar-refractivity contribution is 6.05. The van der Waals surface area contributed by atoms with Crippen molar-refractivity contribution in [2.75, 3.05) is 30.4 Å². The van der Waals surface area contributed by atoms with Gasteiger partial charge in [0.2, 0.25) is 5.91 Å². The Bertz CT molecular complexity index is 1680. The third kappa shape index (κ3) is 5.91. The number of fused-ring (bicyclic) bond motifs is 4. The van der Waals surface area contributed by atoms with E-state index in [1.807, 2.05) is 89.5 Å². The van der Waals surface area contributed by atoms with Crippen molar-refractivity contribution in [1.29, 1.82) is 0 Å². The summed E-state index contributed by atoms with van der Waals surface area (Å²) in [5, 5.41) is 3.06. The fourth-order valence-corrected chi connectivity index (χ4v) is 6.20. The molecule has 3 aromatic carbocycles. The highest BCUT2D eigenvalue weighted by Crippen LogP contribution is 2.39. The van der Waals surface area contributed by atoms with E-state index in [9.17, 15) is 14.4 Å². The number of nitrogens with zero attached hydrogens (tertiary/aromatic N) is 3. The number of amides is 2. The van der Waals surface area contributed by atoms with Crippen molar-refractivity contribution in [3.63, 3.8) is 0 Å². The zero-order valence-electron chi connectivity index (χ0n) is 23.6. The molecule has 7 heteroatoms. The van der Waals surface area contributed by atoms with Crippen LogP contribution in [0.5, 0.6) is 0 Å². The van der Waals surface area contributed by atoms with E-state index >= 15 is 0 Å². The number of hydrogen-bond donors (Lipinski definition) is 1. The van der Waals surface area contributed by atoms with Crippen molar-refractivity contribution in [3.05, 3.63) is 136 Å². The molecule has 7 nitrogen and oxygen atoms in total. The molecule has 2 aliphatic rings. The van der Waals surface area contributed by atoms with Crippen LogP contribution < -0.4 is 15.8 Å². The molecule has 1 N–H and O–H groups in total. The minimum absolute atomic E-state index is 0.0521. The van der Waals surface area contributed by atoms with Crippen molar-refractivity contribution < 1.29 is 9.59 Å². The van der Waals surface area contributed by atoms with Gasteiger partial charge in [-0.05, 0) is 53.8 Å². The van der Waals surface area contributed by atoms with Crippen LogP contribution in [0.15, 0.2) is 108 Å². The first kappa shape index (κ1) is 27.3. The zero-order chi connectivity index (χ0) is 29.1. The quantitative estimate of drug-likeness (QED) is 0.309. The Labute approximate surface area is 245 Å². The molecule has 1 saturated heterocycles. The maximum Gasteiger partial charge on any atom is 0.253 e. The molecule has 0 aliphatic carbocycles. The maximum atomic E-state index is 13.5. The van der Waals surface area contributed by atoms with Crippen molar-refractivity contribution in [2.24, 2.45) is 5.92 Å². The predicted octanol–water partition coefficient (Wildman–Crippen LogP) is 5.40. The monoisotopic (exact) mass is 558 g/mol. The second kappa shape index (κ2) is 11.9. The lowest BCUT2D eigenvalue weighted by molar-refractivity contribution is -0.111. The van der Waals surface area contributed by atoms with Gasteiger partial charge in [-0.3, -0.25) is 14.4 Å². The molecule has 0 radical (unpaired) electrons. The van der Waals surface area contributed by atoms with Gasteiger partial charge in [-0.25, -0.2) is 0 Å². The van der Waals surface area contributed by atoms with Crippen molar-refractivity contribution in [2.45, 2.75) is 25.4 Å². The molecule has 0 saturated carbocycles. The van der Waals surface area contributed by atoms with Crippen LogP contribution in [0.4, 0.5) is 11.4 Å². The molecule has 3 heterocycles. The topological polar surface area (TPSA) is 74.7 Å². The van der Waals surface area contributed by atoms with E-state index in [-0.39, 0.29) is 23.3 Å². The minimum Gasteiger partial charge on any atom is -0.369 e. The van der Waals surface area contributed by atoms with Crippen LogP contribution in [0.25, 0.3) is 6.08 Å². The van der Waals surface area contributed by atoms with E-state index in [1.165, 1.54) is 6.08 Å². The lowest BCUT2D eigenvalue weighted by atomic mass is 9.83. The molecule has 0 spiro atoms. The van der Waals surface area contributed by atoms with Crippen LogP contribution in [-0.2, 0) is 17.9 Å². The van der Waals surface area contributed by atoms with Gasteiger partial charge in [0.25, 0.3) is 11.5 Å². The summed E-state index contributed by atoms with van der Waals surface area (Å²) in [4.78, 5) is 43.1. The van der Waals surface area contributed by atoms with E-state index in [0.717, 1.165) is 42.0 Å².